The standard InChI is InChI=1S/C17H23ClN2O4/c1-17(2,3)24-13-8-14(20(10-13)16(22)23)15(21)19-9-11-4-6-12(18)7-5-11/h4-7,13-14H,8-10H2,1-3H3,(H,19,21)(H,22,23). The molecule has 132 valence electrons. The predicted molar refractivity (Wildman–Crippen MR) is 91.1 cm³/mol. The molecule has 2 atom stereocenters. The zero-order valence-electron chi connectivity index (χ0n) is 14.1. The number of carbonyl (C=O) groups is 2. The Morgan fingerprint density at radius 2 is 1.96 bits per heavy atom. The topological polar surface area (TPSA) is 78.9 Å². The molecule has 1 aromatic carbocycles. The van der Waals surface area contributed by atoms with Crippen LogP contribution in [0, 0.1) is 0 Å². The number of benzene rings is 1. The maximum Gasteiger partial charge on any atom is 0.408 e. The van der Waals surface area contributed by atoms with E-state index in [1.54, 1.807) is 12.1 Å². The minimum atomic E-state index is -1.11. The van der Waals surface area contributed by atoms with Gasteiger partial charge in [0.05, 0.1) is 18.2 Å². The second-order valence-electron chi connectivity index (χ2n) is 6.88. The van der Waals surface area contributed by atoms with E-state index in [9.17, 15) is 14.7 Å². The molecule has 0 aliphatic carbocycles. The van der Waals surface area contributed by atoms with Crippen molar-refractivity contribution in [2.45, 2.75) is 51.5 Å². The van der Waals surface area contributed by atoms with E-state index in [1.807, 2.05) is 32.9 Å². The lowest BCUT2D eigenvalue weighted by Crippen LogP contribution is -2.45. The number of nitrogens with zero attached hydrogens (tertiary/aromatic N) is 1. The fraction of sp³-hybridized carbons (Fsp3) is 0.529. The van der Waals surface area contributed by atoms with Crippen LogP contribution in [0.5, 0.6) is 0 Å². The van der Waals surface area contributed by atoms with E-state index in [0.717, 1.165) is 10.5 Å². The molecule has 6 nitrogen and oxygen atoms in total. The summed E-state index contributed by atoms with van der Waals surface area (Å²) in [7, 11) is 0. The number of likely N-dealkylation sites (tertiary alicyclic amines) is 1. The van der Waals surface area contributed by atoms with Gasteiger partial charge in [0.25, 0.3) is 0 Å². The van der Waals surface area contributed by atoms with Crippen molar-refractivity contribution in [3.05, 3.63) is 34.9 Å². The molecule has 0 bridgehead atoms. The van der Waals surface area contributed by atoms with Crippen molar-refractivity contribution in [1.29, 1.82) is 0 Å². The first-order valence-corrected chi connectivity index (χ1v) is 8.23. The Kier molecular flexibility index (Phi) is 5.72. The first-order chi connectivity index (χ1) is 11.2. The van der Waals surface area contributed by atoms with Gasteiger partial charge in [-0.25, -0.2) is 4.79 Å². The fourth-order valence-electron chi connectivity index (χ4n) is 2.75. The lowest BCUT2D eigenvalue weighted by Gasteiger charge is -2.24. The second-order valence-corrected chi connectivity index (χ2v) is 7.32. The second kappa shape index (κ2) is 7.40. The van der Waals surface area contributed by atoms with Crippen LogP contribution in [0.1, 0.15) is 32.8 Å². The highest BCUT2D eigenvalue weighted by molar-refractivity contribution is 6.30. The van der Waals surface area contributed by atoms with E-state index in [4.69, 9.17) is 16.3 Å². The molecule has 2 N–H and O–H groups in total. The van der Waals surface area contributed by atoms with Gasteiger partial charge in [-0.05, 0) is 38.5 Å². The normalized spacial score (nSPS) is 20.9. The average molecular weight is 355 g/mol. The van der Waals surface area contributed by atoms with Crippen LogP contribution in [0.4, 0.5) is 4.79 Å². The summed E-state index contributed by atoms with van der Waals surface area (Å²) in [6.07, 6.45) is -1.04. The monoisotopic (exact) mass is 354 g/mol. The van der Waals surface area contributed by atoms with Crippen molar-refractivity contribution >= 4 is 23.6 Å². The first-order valence-electron chi connectivity index (χ1n) is 7.85. The van der Waals surface area contributed by atoms with Crippen LogP contribution in [-0.4, -0.2) is 46.3 Å². The molecule has 0 aromatic heterocycles. The molecule has 7 heteroatoms. The summed E-state index contributed by atoms with van der Waals surface area (Å²) >= 11 is 5.83. The number of carboxylic acid groups (broad SMARTS) is 1. The zero-order chi connectivity index (χ0) is 17.9. The van der Waals surface area contributed by atoms with Crippen molar-refractivity contribution in [1.82, 2.24) is 10.2 Å². The van der Waals surface area contributed by atoms with Crippen molar-refractivity contribution in [2.24, 2.45) is 0 Å². The van der Waals surface area contributed by atoms with Crippen molar-refractivity contribution < 1.29 is 19.4 Å². The molecule has 1 saturated heterocycles. The van der Waals surface area contributed by atoms with Gasteiger partial charge in [0.1, 0.15) is 6.04 Å². The van der Waals surface area contributed by atoms with E-state index in [-0.39, 0.29) is 24.2 Å². The Morgan fingerprint density at radius 3 is 2.50 bits per heavy atom. The van der Waals surface area contributed by atoms with E-state index >= 15 is 0 Å². The highest BCUT2D eigenvalue weighted by Crippen LogP contribution is 2.25. The molecule has 1 fully saturated rings. The quantitative estimate of drug-likeness (QED) is 0.871. The van der Waals surface area contributed by atoms with Gasteiger partial charge in [0.15, 0.2) is 0 Å². The third-order valence-corrected chi connectivity index (χ3v) is 3.96. The van der Waals surface area contributed by atoms with Crippen LogP contribution in [0.25, 0.3) is 0 Å². The van der Waals surface area contributed by atoms with Crippen molar-refractivity contribution in [2.75, 3.05) is 6.54 Å². The predicted octanol–water partition coefficient (Wildman–Crippen LogP) is 2.89. The number of carbonyl (C=O) groups excluding carboxylic acids is 1. The minimum absolute atomic E-state index is 0.200. The van der Waals surface area contributed by atoms with E-state index in [0.29, 0.717) is 18.0 Å². The molecule has 0 spiro atoms. The molecule has 2 amide bonds. The van der Waals surface area contributed by atoms with Gasteiger partial charge >= 0.3 is 6.09 Å². The molecule has 2 rings (SSSR count). The third kappa shape index (κ3) is 5.11. The maximum atomic E-state index is 12.4. The van der Waals surface area contributed by atoms with Gasteiger partial charge in [0.2, 0.25) is 5.91 Å². The Labute approximate surface area is 146 Å². The van der Waals surface area contributed by atoms with Crippen LogP contribution in [0.15, 0.2) is 24.3 Å². The summed E-state index contributed by atoms with van der Waals surface area (Å²) in [5, 5.41) is 12.8. The molecular weight excluding hydrogens is 332 g/mol. The number of halogens is 1. The largest absolute Gasteiger partial charge is 0.465 e. The van der Waals surface area contributed by atoms with Crippen LogP contribution < -0.4 is 5.32 Å². The number of hydrogen-bond acceptors (Lipinski definition) is 3. The molecule has 24 heavy (non-hydrogen) atoms. The summed E-state index contributed by atoms with van der Waals surface area (Å²) in [6.45, 7) is 6.25. The SMILES string of the molecule is CC(C)(C)OC1CC(C(=O)NCc2ccc(Cl)cc2)N(C(=O)O)C1. The Hall–Kier alpha value is -1.79. The number of rotatable bonds is 4. The molecule has 0 saturated carbocycles. The average Bonchev–Trinajstić information content (AvgIpc) is 2.88. The highest BCUT2D eigenvalue weighted by Gasteiger charge is 2.41. The number of hydrogen-bond donors (Lipinski definition) is 2. The Balaban J connectivity index is 1.97. The van der Waals surface area contributed by atoms with Crippen LogP contribution in [0.2, 0.25) is 5.02 Å². The van der Waals surface area contributed by atoms with Gasteiger partial charge in [-0.2, -0.15) is 0 Å². The van der Waals surface area contributed by atoms with Crippen LogP contribution in [0.3, 0.4) is 0 Å². The van der Waals surface area contributed by atoms with E-state index in [1.165, 1.54) is 0 Å². The van der Waals surface area contributed by atoms with Gasteiger partial charge < -0.3 is 15.2 Å². The molecule has 0 radical (unpaired) electrons. The molecule has 1 aliphatic rings. The smallest absolute Gasteiger partial charge is 0.408 e. The molecule has 1 heterocycles. The van der Waals surface area contributed by atoms with E-state index < -0.39 is 12.1 Å². The zero-order valence-corrected chi connectivity index (χ0v) is 14.8. The summed E-state index contributed by atoms with van der Waals surface area (Å²) < 4.78 is 5.84. The Bertz CT molecular complexity index is 598. The van der Waals surface area contributed by atoms with Crippen LogP contribution in [-0.2, 0) is 16.1 Å². The lowest BCUT2D eigenvalue weighted by molar-refractivity contribution is -0.125. The third-order valence-electron chi connectivity index (χ3n) is 3.71. The van der Waals surface area contributed by atoms with Crippen molar-refractivity contribution in [3.8, 4) is 0 Å². The highest BCUT2D eigenvalue weighted by atomic mass is 35.5. The summed E-state index contributed by atoms with van der Waals surface area (Å²) in [4.78, 5) is 25.0. The lowest BCUT2D eigenvalue weighted by atomic mass is 10.1. The number of amides is 2. The number of ether oxygens (including phenoxy) is 1. The van der Waals surface area contributed by atoms with Gasteiger partial charge in [-0.1, -0.05) is 23.7 Å². The minimum Gasteiger partial charge on any atom is -0.465 e. The molecule has 2 unspecified atom stereocenters. The summed E-state index contributed by atoms with van der Waals surface area (Å²) in [5.41, 5.74) is 0.513. The molecular formula is C17H23ClN2O4. The summed E-state index contributed by atoms with van der Waals surface area (Å²) in [6, 6.07) is 6.39. The van der Waals surface area contributed by atoms with Gasteiger partial charge in [0, 0.05) is 18.0 Å². The maximum absolute atomic E-state index is 12.4. The van der Waals surface area contributed by atoms with E-state index in [2.05, 4.69) is 5.32 Å². The molecule has 1 aromatic rings. The van der Waals surface area contributed by atoms with Crippen LogP contribution >= 0.6 is 11.6 Å². The first kappa shape index (κ1) is 18.5. The summed E-state index contributed by atoms with van der Waals surface area (Å²) in [5.74, 6) is -0.313. The van der Waals surface area contributed by atoms with Gasteiger partial charge in [-0.15, -0.1) is 0 Å². The Morgan fingerprint density at radius 1 is 1.33 bits per heavy atom. The van der Waals surface area contributed by atoms with Crippen molar-refractivity contribution in [3.63, 3.8) is 0 Å². The number of nitrogens with one attached hydrogen (secondary N) is 1. The molecule has 1 aliphatic heterocycles. The fourth-order valence-corrected chi connectivity index (χ4v) is 2.88. The van der Waals surface area contributed by atoms with Gasteiger partial charge in [-0.3, -0.25) is 9.69 Å².